The molecule has 1 aromatic heterocycles. The zero-order chi connectivity index (χ0) is 14.9. The first-order valence-electron chi connectivity index (χ1n) is 5.85. The van der Waals surface area contributed by atoms with Crippen molar-refractivity contribution >= 4 is 5.82 Å². The van der Waals surface area contributed by atoms with Crippen LogP contribution in [0.1, 0.15) is 11.1 Å². The maximum Gasteiger partial charge on any atom is 0.419 e. The fraction of sp³-hybridized carbons (Fsp3) is 0.214. The molecule has 0 unspecified atom stereocenters. The molecule has 0 spiro atoms. The van der Waals surface area contributed by atoms with E-state index in [1.165, 1.54) is 18.3 Å². The van der Waals surface area contributed by atoms with Gasteiger partial charge >= 0.3 is 6.18 Å². The maximum atomic E-state index is 14.0. The molecule has 0 amide bonds. The highest BCUT2D eigenvalue weighted by atomic mass is 19.4. The van der Waals surface area contributed by atoms with Gasteiger partial charge in [-0.2, -0.15) is 13.2 Å². The number of rotatable bonds is 2. The second-order valence-corrected chi connectivity index (χ2v) is 4.30. The van der Waals surface area contributed by atoms with E-state index in [2.05, 4.69) is 10.3 Å². The molecule has 2 nitrogen and oxygen atoms in total. The summed E-state index contributed by atoms with van der Waals surface area (Å²) in [4.78, 5) is 4.05. The first kappa shape index (κ1) is 14.3. The number of hydrogen-bond donors (Lipinski definition) is 1. The molecule has 6 heteroatoms. The van der Waals surface area contributed by atoms with E-state index in [-0.39, 0.29) is 5.56 Å². The number of aryl methyl sites for hydroxylation is 1. The molecule has 1 N–H and O–H groups in total. The molecule has 1 heterocycles. The van der Waals surface area contributed by atoms with Crippen molar-refractivity contribution in [3.8, 4) is 11.1 Å². The summed E-state index contributed by atoms with van der Waals surface area (Å²) in [6.45, 7) is 1.74. The third kappa shape index (κ3) is 2.59. The quantitative estimate of drug-likeness (QED) is 0.834. The lowest BCUT2D eigenvalue weighted by atomic mass is 10.0. The number of benzene rings is 1. The lowest BCUT2D eigenvalue weighted by Crippen LogP contribution is -2.08. The summed E-state index contributed by atoms with van der Waals surface area (Å²) in [6, 6.07) is 4.81. The van der Waals surface area contributed by atoms with Crippen LogP contribution in [-0.4, -0.2) is 12.0 Å². The van der Waals surface area contributed by atoms with Crippen LogP contribution in [0.3, 0.4) is 0 Å². The SMILES string of the molecule is CNc1ncc(-c2cccc(C(F)(F)F)c2F)cc1C. The molecular formula is C14H12F4N2. The largest absolute Gasteiger partial charge is 0.419 e. The van der Waals surface area contributed by atoms with Crippen LogP contribution < -0.4 is 5.32 Å². The van der Waals surface area contributed by atoms with Crippen molar-refractivity contribution in [3.63, 3.8) is 0 Å². The Hall–Kier alpha value is -2.11. The van der Waals surface area contributed by atoms with Crippen LogP contribution in [0.25, 0.3) is 11.1 Å². The van der Waals surface area contributed by atoms with Gasteiger partial charge in [-0.1, -0.05) is 12.1 Å². The van der Waals surface area contributed by atoms with Gasteiger partial charge in [0.1, 0.15) is 11.6 Å². The molecule has 0 aliphatic heterocycles. The van der Waals surface area contributed by atoms with E-state index in [9.17, 15) is 17.6 Å². The van der Waals surface area contributed by atoms with E-state index in [1.54, 1.807) is 20.0 Å². The summed E-state index contributed by atoms with van der Waals surface area (Å²) in [6.07, 6.45) is -3.37. The first-order valence-corrected chi connectivity index (χ1v) is 5.85. The number of hydrogen-bond acceptors (Lipinski definition) is 2. The van der Waals surface area contributed by atoms with Gasteiger partial charge in [-0.05, 0) is 24.6 Å². The predicted molar refractivity (Wildman–Crippen MR) is 68.9 cm³/mol. The van der Waals surface area contributed by atoms with Gasteiger partial charge in [-0.25, -0.2) is 9.37 Å². The molecule has 2 rings (SSSR count). The molecule has 0 saturated heterocycles. The predicted octanol–water partition coefficient (Wildman–Crippen LogP) is 4.26. The zero-order valence-corrected chi connectivity index (χ0v) is 10.8. The molecule has 20 heavy (non-hydrogen) atoms. The number of alkyl halides is 3. The van der Waals surface area contributed by atoms with Crippen LogP contribution in [-0.2, 0) is 6.18 Å². The van der Waals surface area contributed by atoms with E-state index >= 15 is 0 Å². The normalized spacial score (nSPS) is 11.5. The summed E-state index contributed by atoms with van der Waals surface area (Å²) in [5.74, 6) is -0.681. The smallest absolute Gasteiger partial charge is 0.373 e. The lowest BCUT2D eigenvalue weighted by molar-refractivity contribution is -0.139. The number of halogens is 4. The van der Waals surface area contributed by atoms with Gasteiger partial charge in [-0.15, -0.1) is 0 Å². The van der Waals surface area contributed by atoms with E-state index in [4.69, 9.17) is 0 Å². The molecule has 2 aromatic rings. The Bertz CT molecular complexity index is 636. The van der Waals surface area contributed by atoms with Crippen molar-refractivity contribution in [1.82, 2.24) is 4.98 Å². The molecule has 0 aliphatic rings. The van der Waals surface area contributed by atoms with Gasteiger partial charge in [0, 0.05) is 24.4 Å². The summed E-state index contributed by atoms with van der Waals surface area (Å²) in [5, 5.41) is 2.84. The van der Waals surface area contributed by atoms with Crippen LogP contribution in [0.15, 0.2) is 30.5 Å². The summed E-state index contributed by atoms with van der Waals surface area (Å²) in [5.41, 5.74) is -0.352. The Balaban J connectivity index is 2.56. The van der Waals surface area contributed by atoms with Gasteiger partial charge in [0.15, 0.2) is 0 Å². The minimum absolute atomic E-state index is 0.113. The minimum atomic E-state index is -4.71. The second kappa shape index (κ2) is 5.11. The van der Waals surface area contributed by atoms with Crippen LogP contribution in [0.5, 0.6) is 0 Å². The van der Waals surface area contributed by atoms with Crippen molar-refractivity contribution in [3.05, 3.63) is 47.4 Å². The molecular weight excluding hydrogens is 272 g/mol. The number of nitrogens with one attached hydrogen (secondary N) is 1. The Morgan fingerprint density at radius 1 is 1.20 bits per heavy atom. The highest BCUT2D eigenvalue weighted by Crippen LogP contribution is 2.35. The molecule has 0 aliphatic carbocycles. The molecule has 0 atom stereocenters. The third-order valence-corrected chi connectivity index (χ3v) is 2.93. The van der Waals surface area contributed by atoms with Gasteiger partial charge in [-0.3, -0.25) is 0 Å². The average Bonchev–Trinajstić information content (AvgIpc) is 2.37. The van der Waals surface area contributed by atoms with Crippen LogP contribution >= 0.6 is 0 Å². The van der Waals surface area contributed by atoms with E-state index in [0.717, 1.165) is 11.6 Å². The molecule has 0 saturated carbocycles. The van der Waals surface area contributed by atoms with Gasteiger partial charge in [0.25, 0.3) is 0 Å². The van der Waals surface area contributed by atoms with Crippen LogP contribution in [0.4, 0.5) is 23.4 Å². The van der Waals surface area contributed by atoms with Crippen LogP contribution in [0, 0.1) is 12.7 Å². The first-order chi connectivity index (χ1) is 9.34. The molecule has 0 radical (unpaired) electrons. The Morgan fingerprint density at radius 3 is 2.45 bits per heavy atom. The minimum Gasteiger partial charge on any atom is -0.373 e. The maximum absolute atomic E-state index is 14.0. The Kier molecular flexibility index (Phi) is 3.65. The number of pyridine rings is 1. The number of anilines is 1. The van der Waals surface area contributed by atoms with Crippen molar-refractivity contribution < 1.29 is 17.6 Å². The second-order valence-electron chi connectivity index (χ2n) is 4.30. The molecule has 0 bridgehead atoms. The fourth-order valence-corrected chi connectivity index (χ4v) is 1.96. The van der Waals surface area contributed by atoms with Gasteiger partial charge < -0.3 is 5.32 Å². The van der Waals surface area contributed by atoms with E-state index < -0.39 is 17.6 Å². The van der Waals surface area contributed by atoms with E-state index in [0.29, 0.717) is 11.4 Å². The Morgan fingerprint density at radius 2 is 1.90 bits per heavy atom. The molecule has 0 fully saturated rings. The van der Waals surface area contributed by atoms with E-state index in [1.807, 2.05) is 0 Å². The topological polar surface area (TPSA) is 24.9 Å². The van der Waals surface area contributed by atoms with Gasteiger partial charge in [0.05, 0.1) is 5.56 Å². The zero-order valence-electron chi connectivity index (χ0n) is 10.8. The summed E-state index contributed by atoms with van der Waals surface area (Å²) in [7, 11) is 1.68. The highest BCUT2D eigenvalue weighted by molar-refractivity contribution is 5.67. The van der Waals surface area contributed by atoms with Crippen LogP contribution in [0.2, 0.25) is 0 Å². The van der Waals surface area contributed by atoms with Crippen molar-refractivity contribution in [1.29, 1.82) is 0 Å². The summed E-state index contributed by atoms with van der Waals surface area (Å²) >= 11 is 0. The fourth-order valence-electron chi connectivity index (χ4n) is 1.96. The number of nitrogens with zero attached hydrogens (tertiary/aromatic N) is 1. The summed E-state index contributed by atoms with van der Waals surface area (Å²) < 4.78 is 52.0. The van der Waals surface area contributed by atoms with Gasteiger partial charge in [0.2, 0.25) is 0 Å². The standard InChI is InChI=1S/C14H12F4N2/c1-8-6-9(7-20-13(8)19-2)10-4-3-5-11(12(10)15)14(16,17)18/h3-7H,1-2H3,(H,19,20). The highest BCUT2D eigenvalue weighted by Gasteiger charge is 2.34. The third-order valence-electron chi connectivity index (χ3n) is 2.93. The average molecular weight is 284 g/mol. The number of aromatic nitrogens is 1. The molecule has 106 valence electrons. The van der Waals surface area contributed by atoms with Crippen molar-refractivity contribution in [2.24, 2.45) is 0 Å². The lowest BCUT2D eigenvalue weighted by Gasteiger charge is -2.12. The monoisotopic (exact) mass is 284 g/mol. The van der Waals surface area contributed by atoms with Crippen molar-refractivity contribution in [2.75, 3.05) is 12.4 Å². The van der Waals surface area contributed by atoms with Crippen molar-refractivity contribution in [2.45, 2.75) is 13.1 Å². The Labute approximate surface area is 113 Å². The molecule has 1 aromatic carbocycles.